The number of benzene rings is 1. The molecule has 124 valence electrons. The quantitative estimate of drug-likeness (QED) is 0.880. The van der Waals surface area contributed by atoms with Crippen molar-refractivity contribution in [1.29, 1.82) is 0 Å². The smallest absolute Gasteiger partial charge is 0.306 e. The van der Waals surface area contributed by atoms with Crippen molar-refractivity contribution in [2.24, 2.45) is 5.92 Å². The topological polar surface area (TPSA) is 78.9 Å². The number of carbonyl (C=O) groups is 2. The Morgan fingerprint density at radius 2 is 1.83 bits per heavy atom. The first-order valence-corrected chi connectivity index (χ1v) is 8.10. The molecular formula is C17H22N2O4. The summed E-state index contributed by atoms with van der Waals surface area (Å²) in [6.45, 7) is 3.19. The molecule has 1 aromatic carbocycles. The third kappa shape index (κ3) is 3.82. The van der Waals surface area contributed by atoms with Crippen molar-refractivity contribution in [2.45, 2.75) is 25.3 Å². The van der Waals surface area contributed by atoms with Crippen LogP contribution >= 0.6 is 0 Å². The van der Waals surface area contributed by atoms with E-state index in [1.165, 1.54) is 0 Å². The number of ether oxygens (including phenoxy) is 1. The van der Waals surface area contributed by atoms with Crippen molar-refractivity contribution in [3.63, 3.8) is 0 Å². The third-order valence-corrected chi connectivity index (χ3v) is 4.62. The van der Waals surface area contributed by atoms with Crippen LogP contribution in [0.1, 0.15) is 29.6 Å². The fourth-order valence-electron chi connectivity index (χ4n) is 3.25. The van der Waals surface area contributed by atoms with Crippen molar-refractivity contribution in [3.05, 3.63) is 29.8 Å². The lowest BCUT2D eigenvalue weighted by atomic mass is 10.1. The maximum atomic E-state index is 12.3. The molecule has 2 atom stereocenters. The van der Waals surface area contributed by atoms with E-state index < -0.39 is 5.97 Å². The average molecular weight is 318 g/mol. The van der Waals surface area contributed by atoms with Gasteiger partial charge < -0.3 is 20.1 Å². The lowest BCUT2D eigenvalue weighted by molar-refractivity contribution is -0.141. The van der Waals surface area contributed by atoms with Crippen LogP contribution in [0, 0.1) is 5.92 Å². The van der Waals surface area contributed by atoms with Gasteiger partial charge in [-0.1, -0.05) is 0 Å². The second kappa shape index (κ2) is 7.00. The van der Waals surface area contributed by atoms with Gasteiger partial charge in [0.25, 0.3) is 5.91 Å². The predicted octanol–water partition coefficient (Wildman–Crippen LogP) is 1.51. The average Bonchev–Trinajstić information content (AvgIpc) is 3.04. The Bertz CT molecular complexity index is 566. The van der Waals surface area contributed by atoms with E-state index in [1.54, 1.807) is 0 Å². The van der Waals surface area contributed by atoms with Crippen molar-refractivity contribution in [3.8, 4) is 0 Å². The van der Waals surface area contributed by atoms with Crippen LogP contribution in [0.25, 0.3) is 0 Å². The minimum absolute atomic E-state index is 0.0393. The molecule has 1 amide bonds. The molecule has 0 radical (unpaired) electrons. The number of nitrogens with zero attached hydrogens (tertiary/aromatic N) is 1. The summed E-state index contributed by atoms with van der Waals surface area (Å²) in [7, 11) is 0. The van der Waals surface area contributed by atoms with E-state index >= 15 is 0 Å². The minimum Gasteiger partial charge on any atom is -0.481 e. The highest BCUT2D eigenvalue weighted by molar-refractivity contribution is 5.94. The number of carbonyl (C=O) groups excluding carboxylic acids is 1. The highest BCUT2D eigenvalue weighted by Gasteiger charge is 2.30. The second-order valence-corrected chi connectivity index (χ2v) is 6.16. The molecule has 23 heavy (non-hydrogen) atoms. The van der Waals surface area contributed by atoms with Gasteiger partial charge in [-0.15, -0.1) is 0 Å². The number of rotatable bonds is 4. The Morgan fingerprint density at radius 3 is 2.43 bits per heavy atom. The number of amides is 1. The van der Waals surface area contributed by atoms with Crippen LogP contribution in [0.3, 0.4) is 0 Å². The Labute approximate surface area is 135 Å². The van der Waals surface area contributed by atoms with Gasteiger partial charge >= 0.3 is 5.97 Å². The molecule has 2 fully saturated rings. The molecule has 6 nitrogen and oxygen atoms in total. The summed E-state index contributed by atoms with van der Waals surface area (Å²) in [6.07, 6.45) is 1.89. The molecule has 0 unspecified atom stereocenters. The molecule has 1 aliphatic heterocycles. The fourth-order valence-corrected chi connectivity index (χ4v) is 3.25. The first kappa shape index (κ1) is 15.8. The summed E-state index contributed by atoms with van der Waals surface area (Å²) in [6, 6.07) is 7.51. The molecule has 1 saturated heterocycles. The molecule has 0 aromatic heterocycles. The Morgan fingerprint density at radius 1 is 1.13 bits per heavy atom. The van der Waals surface area contributed by atoms with Crippen LogP contribution in [0.5, 0.6) is 0 Å². The standard InChI is InChI=1S/C17H22N2O4/c20-16(18-14-4-1-13(11-14)17(21)22)12-2-5-15(6-3-12)19-7-9-23-10-8-19/h2-3,5-6,13-14H,1,4,7-11H2,(H,18,20)(H,21,22)/t13-,14+/m1/s1. The molecule has 6 heteroatoms. The summed E-state index contributed by atoms with van der Waals surface area (Å²) in [5.41, 5.74) is 1.71. The summed E-state index contributed by atoms with van der Waals surface area (Å²) < 4.78 is 5.34. The van der Waals surface area contributed by atoms with Gasteiger partial charge in [0.05, 0.1) is 19.1 Å². The van der Waals surface area contributed by atoms with E-state index in [-0.39, 0.29) is 17.9 Å². The summed E-state index contributed by atoms with van der Waals surface area (Å²) in [4.78, 5) is 25.5. The van der Waals surface area contributed by atoms with E-state index in [4.69, 9.17) is 9.84 Å². The highest BCUT2D eigenvalue weighted by atomic mass is 16.5. The van der Waals surface area contributed by atoms with Gasteiger partial charge in [-0.3, -0.25) is 9.59 Å². The highest BCUT2D eigenvalue weighted by Crippen LogP contribution is 2.26. The van der Waals surface area contributed by atoms with Crippen molar-refractivity contribution in [1.82, 2.24) is 5.32 Å². The number of carboxylic acids is 1. The monoisotopic (exact) mass is 318 g/mol. The van der Waals surface area contributed by atoms with E-state index in [2.05, 4.69) is 10.2 Å². The molecule has 0 bridgehead atoms. The van der Waals surface area contributed by atoms with E-state index in [9.17, 15) is 9.59 Å². The van der Waals surface area contributed by atoms with Crippen LogP contribution < -0.4 is 10.2 Å². The number of hydrogen-bond acceptors (Lipinski definition) is 4. The lowest BCUT2D eigenvalue weighted by Gasteiger charge is -2.28. The number of morpholine rings is 1. The maximum Gasteiger partial charge on any atom is 0.306 e. The van der Waals surface area contributed by atoms with Gasteiger partial charge in [-0.05, 0) is 43.5 Å². The Balaban J connectivity index is 1.56. The van der Waals surface area contributed by atoms with Crippen molar-refractivity contribution >= 4 is 17.6 Å². The summed E-state index contributed by atoms with van der Waals surface area (Å²) in [5, 5.41) is 12.0. The summed E-state index contributed by atoms with van der Waals surface area (Å²) >= 11 is 0. The first-order valence-electron chi connectivity index (χ1n) is 8.10. The SMILES string of the molecule is O=C(N[C@H]1CC[C@@H](C(=O)O)C1)c1ccc(N2CCOCC2)cc1. The van der Waals surface area contributed by atoms with Gasteiger partial charge in [-0.25, -0.2) is 0 Å². The van der Waals surface area contributed by atoms with Crippen LogP contribution in [-0.4, -0.2) is 49.3 Å². The van der Waals surface area contributed by atoms with E-state index in [0.717, 1.165) is 38.4 Å². The van der Waals surface area contributed by atoms with Gasteiger partial charge in [0.2, 0.25) is 0 Å². The molecule has 1 heterocycles. The molecule has 2 N–H and O–H groups in total. The van der Waals surface area contributed by atoms with Crippen LogP contribution in [0.2, 0.25) is 0 Å². The van der Waals surface area contributed by atoms with Gasteiger partial charge in [-0.2, -0.15) is 0 Å². The lowest BCUT2D eigenvalue weighted by Crippen LogP contribution is -2.36. The number of nitrogens with one attached hydrogen (secondary N) is 1. The summed E-state index contributed by atoms with van der Waals surface area (Å²) in [5.74, 6) is -1.23. The normalized spacial score (nSPS) is 24.4. The molecule has 2 aliphatic rings. The molecule has 3 rings (SSSR count). The third-order valence-electron chi connectivity index (χ3n) is 4.62. The number of hydrogen-bond donors (Lipinski definition) is 2. The molecular weight excluding hydrogens is 296 g/mol. The molecule has 0 spiro atoms. The molecule has 1 saturated carbocycles. The van der Waals surface area contributed by atoms with Crippen molar-refractivity contribution in [2.75, 3.05) is 31.2 Å². The van der Waals surface area contributed by atoms with Crippen LogP contribution in [0.15, 0.2) is 24.3 Å². The Kier molecular flexibility index (Phi) is 4.81. The zero-order valence-corrected chi connectivity index (χ0v) is 13.0. The largest absolute Gasteiger partial charge is 0.481 e. The van der Waals surface area contributed by atoms with E-state index in [1.807, 2.05) is 24.3 Å². The minimum atomic E-state index is -0.767. The van der Waals surface area contributed by atoms with Crippen LogP contribution in [-0.2, 0) is 9.53 Å². The zero-order chi connectivity index (χ0) is 16.2. The fraction of sp³-hybridized carbons (Fsp3) is 0.529. The molecule has 1 aromatic rings. The van der Waals surface area contributed by atoms with Gasteiger partial charge in [0.15, 0.2) is 0 Å². The predicted molar refractivity (Wildman–Crippen MR) is 85.7 cm³/mol. The number of aliphatic carboxylic acids is 1. The van der Waals surface area contributed by atoms with Gasteiger partial charge in [0.1, 0.15) is 0 Å². The Hall–Kier alpha value is -2.08. The number of anilines is 1. The zero-order valence-electron chi connectivity index (χ0n) is 13.0. The van der Waals surface area contributed by atoms with E-state index in [0.29, 0.717) is 18.4 Å². The second-order valence-electron chi connectivity index (χ2n) is 6.16. The number of carboxylic acid groups (broad SMARTS) is 1. The molecule has 1 aliphatic carbocycles. The van der Waals surface area contributed by atoms with Gasteiger partial charge in [0, 0.05) is 30.4 Å². The van der Waals surface area contributed by atoms with Crippen LogP contribution in [0.4, 0.5) is 5.69 Å². The maximum absolute atomic E-state index is 12.3. The van der Waals surface area contributed by atoms with Crippen molar-refractivity contribution < 1.29 is 19.4 Å². The first-order chi connectivity index (χ1) is 11.1.